The van der Waals surface area contributed by atoms with Crippen molar-refractivity contribution >= 4 is 56.1 Å². The summed E-state index contributed by atoms with van der Waals surface area (Å²) in [6.07, 6.45) is 1.52. The number of aliphatic carboxylic acids is 1. The second kappa shape index (κ2) is 9.96. The van der Waals surface area contributed by atoms with Gasteiger partial charge in [-0.3, -0.25) is 4.79 Å². The molecule has 0 bridgehead atoms. The largest absolute Gasteiger partial charge is 0.492 e. The number of nitrogens with one attached hydrogen (secondary N) is 1. The molecule has 2 N–H and O–H groups in total. The van der Waals surface area contributed by atoms with Gasteiger partial charge in [0.25, 0.3) is 0 Å². The summed E-state index contributed by atoms with van der Waals surface area (Å²) in [6, 6.07) is 22.2. The zero-order chi connectivity index (χ0) is 21.6. The highest BCUT2D eigenvalue weighted by atomic mass is 125. The molecule has 0 atom stereocenters. The lowest BCUT2D eigenvalue weighted by molar-refractivity contribution is -0.136. The zero-order valence-corrected chi connectivity index (χ0v) is 19.1. The smallest absolute Gasteiger partial charge is 0.303 e. The molecule has 4 aromatic rings. The number of ether oxygens (including phenoxy) is 1. The third kappa shape index (κ3) is 5.25. The number of carboxylic acids is 1. The van der Waals surface area contributed by atoms with Crippen LogP contribution in [0.25, 0.3) is 21.8 Å². The number of halogens is 1. The van der Waals surface area contributed by atoms with Gasteiger partial charge in [0.2, 0.25) is 0 Å². The van der Waals surface area contributed by atoms with E-state index in [1.54, 1.807) is 0 Å². The standard InChI is InChI=1S/C25H23IN2O3/c26-20-16-17(11-13-24(29)30)10-12-23(20)31-15-5-14-27-25-18-6-1-3-8-21(18)28-22-9-4-2-7-19(22)25/h1-4,6-10,12,16H,5,11,13-15H2,(H,27,28)(H,29,30)/i26-2. The van der Waals surface area contributed by atoms with Crippen molar-refractivity contribution in [3.05, 3.63) is 75.9 Å². The molecule has 3 aromatic carbocycles. The number of benzene rings is 3. The second-order valence-corrected chi connectivity index (χ2v) is 8.47. The second-order valence-electron chi connectivity index (χ2n) is 7.31. The monoisotopic (exact) mass is 524 g/mol. The highest BCUT2D eigenvalue weighted by Gasteiger charge is 2.08. The van der Waals surface area contributed by atoms with Gasteiger partial charge in [0.05, 0.1) is 26.9 Å². The Morgan fingerprint density at radius 2 is 1.68 bits per heavy atom. The first-order valence-corrected chi connectivity index (χ1v) is 11.3. The summed E-state index contributed by atoms with van der Waals surface area (Å²) in [4.78, 5) is 15.5. The first-order chi connectivity index (χ1) is 15.1. The maximum atomic E-state index is 10.7. The molecule has 0 spiro atoms. The summed E-state index contributed by atoms with van der Waals surface area (Å²) >= 11 is 2.24. The van der Waals surface area contributed by atoms with Gasteiger partial charge in [-0.15, -0.1) is 0 Å². The number of aryl methyl sites for hydroxylation is 1. The Balaban J connectivity index is 1.37. The van der Waals surface area contributed by atoms with E-state index in [0.717, 1.165) is 55.3 Å². The molecular formula is C25H23IN2O3. The van der Waals surface area contributed by atoms with Crippen LogP contribution < -0.4 is 10.1 Å². The van der Waals surface area contributed by atoms with Gasteiger partial charge in [-0.05, 0) is 65.3 Å². The molecule has 1 aromatic heterocycles. The van der Waals surface area contributed by atoms with Crippen LogP contribution in [-0.2, 0) is 11.2 Å². The number of para-hydroxylation sites is 2. The number of fused-ring (bicyclic) bond motifs is 2. The number of carbonyl (C=O) groups is 1. The Morgan fingerprint density at radius 1 is 1.00 bits per heavy atom. The Kier molecular flexibility index (Phi) is 6.86. The van der Waals surface area contributed by atoms with Crippen molar-refractivity contribution in [3.63, 3.8) is 0 Å². The lowest BCUT2D eigenvalue weighted by atomic mass is 10.1. The lowest BCUT2D eigenvalue weighted by Crippen LogP contribution is -2.09. The lowest BCUT2D eigenvalue weighted by Gasteiger charge is -2.14. The number of aromatic nitrogens is 1. The maximum Gasteiger partial charge on any atom is 0.303 e. The molecule has 0 saturated carbocycles. The van der Waals surface area contributed by atoms with Crippen molar-refractivity contribution in [2.75, 3.05) is 18.5 Å². The van der Waals surface area contributed by atoms with E-state index in [1.165, 1.54) is 0 Å². The van der Waals surface area contributed by atoms with Gasteiger partial charge in [0, 0.05) is 23.7 Å². The summed E-state index contributed by atoms with van der Waals surface area (Å²) in [5, 5.41) is 14.7. The minimum Gasteiger partial charge on any atom is -0.492 e. The van der Waals surface area contributed by atoms with Crippen LogP contribution in [0.1, 0.15) is 18.4 Å². The fourth-order valence-corrected chi connectivity index (χ4v) is 4.30. The number of pyridine rings is 1. The third-order valence-corrected chi connectivity index (χ3v) is 5.93. The Labute approximate surface area is 194 Å². The van der Waals surface area contributed by atoms with Crippen molar-refractivity contribution in [1.29, 1.82) is 0 Å². The molecule has 158 valence electrons. The molecular weight excluding hydrogens is 501 g/mol. The molecule has 6 heteroatoms. The molecule has 0 aliphatic rings. The van der Waals surface area contributed by atoms with Crippen LogP contribution in [-0.4, -0.2) is 29.2 Å². The van der Waals surface area contributed by atoms with Crippen molar-refractivity contribution in [3.8, 4) is 5.75 Å². The normalized spacial score (nSPS) is 11.0. The summed E-state index contributed by atoms with van der Waals surface area (Å²) in [6.45, 7) is 1.38. The Hall–Kier alpha value is -2.87. The van der Waals surface area contributed by atoms with Gasteiger partial charge in [0.1, 0.15) is 5.75 Å². The van der Waals surface area contributed by atoms with Gasteiger partial charge in [0.15, 0.2) is 0 Å². The number of carboxylic acid groups (broad SMARTS) is 1. The molecule has 0 aliphatic heterocycles. The van der Waals surface area contributed by atoms with Gasteiger partial charge in [-0.1, -0.05) is 42.5 Å². The van der Waals surface area contributed by atoms with E-state index < -0.39 is 5.97 Å². The van der Waals surface area contributed by atoms with E-state index in [1.807, 2.05) is 54.6 Å². The Bertz CT molecular complexity index is 1170. The summed E-state index contributed by atoms with van der Waals surface area (Å²) in [7, 11) is 0. The van der Waals surface area contributed by atoms with E-state index in [9.17, 15) is 4.79 Å². The van der Waals surface area contributed by atoms with Crippen molar-refractivity contribution in [2.45, 2.75) is 19.3 Å². The van der Waals surface area contributed by atoms with Crippen LogP contribution in [0.5, 0.6) is 5.75 Å². The van der Waals surface area contributed by atoms with Crippen LogP contribution in [0.3, 0.4) is 0 Å². The SMILES string of the molecule is O=C(O)CCc1ccc(OCCCNc2c3ccccc3nc3ccccc23)c([125I])c1. The predicted molar refractivity (Wildman–Crippen MR) is 133 cm³/mol. The number of hydrogen-bond acceptors (Lipinski definition) is 4. The maximum absolute atomic E-state index is 10.7. The zero-order valence-electron chi connectivity index (χ0n) is 17.0. The van der Waals surface area contributed by atoms with E-state index in [2.05, 4.69) is 40.0 Å². The summed E-state index contributed by atoms with van der Waals surface area (Å²) in [5.74, 6) is 0.0528. The van der Waals surface area contributed by atoms with E-state index >= 15 is 0 Å². The third-order valence-electron chi connectivity index (χ3n) is 5.09. The molecule has 1 heterocycles. The van der Waals surface area contributed by atoms with Crippen molar-refractivity contribution < 1.29 is 14.6 Å². The Morgan fingerprint density at radius 3 is 2.32 bits per heavy atom. The minimum atomic E-state index is -0.780. The molecule has 0 saturated heterocycles. The van der Waals surface area contributed by atoms with Crippen molar-refractivity contribution in [2.24, 2.45) is 0 Å². The topological polar surface area (TPSA) is 71.5 Å². The molecule has 0 amide bonds. The van der Waals surface area contributed by atoms with Crippen LogP contribution in [0.15, 0.2) is 66.7 Å². The molecule has 5 nitrogen and oxygen atoms in total. The van der Waals surface area contributed by atoms with Gasteiger partial charge in [-0.25, -0.2) is 4.98 Å². The van der Waals surface area contributed by atoms with Gasteiger partial charge >= 0.3 is 5.97 Å². The molecule has 31 heavy (non-hydrogen) atoms. The predicted octanol–water partition coefficient (Wildman–Crippen LogP) is 5.89. The molecule has 0 fully saturated rings. The first-order valence-electron chi connectivity index (χ1n) is 10.3. The number of rotatable bonds is 9. The van der Waals surface area contributed by atoms with Gasteiger partial charge < -0.3 is 15.2 Å². The molecule has 0 aliphatic carbocycles. The highest BCUT2D eigenvalue weighted by Crippen LogP contribution is 2.30. The number of nitrogens with zero attached hydrogens (tertiary/aromatic N) is 1. The first kappa shape index (κ1) is 21.4. The summed E-state index contributed by atoms with van der Waals surface area (Å²) < 4.78 is 6.95. The highest BCUT2D eigenvalue weighted by molar-refractivity contribution is 14.1. The van der Waals surface area contributed by atoms with E-state index in [0.29, 0.717) is 13.0 Å². The molecule has 4 rings (SSSR count). The molecule has 0 radical (unpaired) electrons. The van der Waals surface area contributed by atoms with Crippen LogP contribution in [0.2, 0.25) is 0 Å². The minimum absolute atomic E-state index is 0.139. The van der Waals surface area contributed by atoms with Crippen LogP contribution in [0, 0.1) is 3.57 Å². The number of anilines is 1. The van der Waals surface area contributed by atoms with Gasteiger partial charge in [-0.2, -0.15) is 0 Å². The van der Waals surface area contributed by atoms with E-state index in [4.69, 9.17) is 14.8 Å². The average Bonchev–Trinajstić information content (AvgIpc) is 2.78. The van der Waals surface area contributed by atoms with Crippen LogP contribution in [0.4, 0.5) is 5.69 Å². The fraction of sp³-hybridized carbons (Fsp3) is 0.200. The van der Waals surface area contributed by atoms with E-state index in [-0.39, 0.29) is 6.42 Å². The quantitative estimate of drug-likeness (QED) is 0.162. The average molecular weight is 524 g/mol. The summed E-state index contributed by atoms with van der Waals surface area (Å²) in [5.41, 5.74) is 4.09. The fourth-order valence-electron chi connectivity index (χ4n) is 3.57. The number of hydrogen-bond donors (Lipinski definition) is 2. The van der Waals surface area contributed by atoms with Crippen LogP contribution >= 0.6 is 22.6 Å². The molecule has 0 unspecified atom stereocenters. The van der Waals surface area contributed by atoms with Crippen molar-refractivity contribution in [1.82, 2.24) is 4.98 Å².